The topological polar surface area (TPSA) is 37.7 Å². The van der Waals surface area contributed by atoms with E-state index >= 15 is 0 Å². The van der Waals surface area contributed by atoms with Crippen molar-refractivity contribution in [3.05, 3.63) is 56.9 Å². The number of ether oxygens (including phenoxy) is 1. The lowest BCUT2D eigenvalue weighted by Crippen LogP contribution is -2.08. The number of hydrogen-bond donors (Lipinski definition) is 0. The quantitative estimate of drug-likeness (QED) is 0.414. The van der Waals surface area contributed by atoms with Crippen LogP contribution in [0.4, 0.5) is 10.8 Å². The lowest BCUT2D eigenvalue weighted by Gasteiger charge is -2.11. The van der Waals surface area contributed by atoms with E-state index in [0.29, 0.717) is 0 Å². The third kappa shape index (κ3) is 3.04. The first-order chi connectivity index (χ1) is 12.6. The summed E-state index contributed by atoms with van der Waals surface area (Å²) in [5.74, 6) is 0.863. The Morgan fingerprint density at radius 1 is 1.19 bits per heavy atom. The summed E-state index contributed by atoms with van der Waals surface area (Å²) >= 11 is 5.28. The lowest BCUT2D eigenvalue weighted by atomic mass is 10.1. The van der Waals surface area contributed by atoms with Gasteiger partial charge < -0.3 is 9.64 Å². The first kappa shape index (κ1) is 17.2. The molecule has 4 nitrogen and oxygen atoms in total. The van der Waals surface area contributed by atoms with Gasteiger partial charge in [-0.15, -0.1) is 0 Å². The van der Waals surface area contributed by atoms with Crippen LogP contribution in [0.5, 0.6) is 5.75 Å². The summed E-state index contributed by atoms with van der Waals surface area (Å²) in [7, 11) is 5.76. The predicted molar refractivity (Wildman–Crippen MR) is 113 cm³/mol. The minimum atomic E-state index is 0.777. The standard InChI is InChI=1S/C20H18BrN3OS/c1-24(2)13-6-4-12(5-7-13)11-22-20-23-19-17(26-20)10-14-15(21)8-9-16(25-3)18(14)19/h4-9,11H,10H2,1-3H3. The summed E-state index contributed by atoms with van der Waals surface area (Å²) in [6.45, 7) is 0. The Hall–Kier alpha value is -2.18. The highest BCUT2D eigenvalue weighted by molar-refractivity contribution is 9.10. The Morgan fingerprint density at radius 3 is 2.65 bits per heavy atom. The molecule has 1 aliphatic rings. The number of hydrogen-bond acceptors (Lipinski definition) is 5. The summed E-state index contributed by atoms with van der Waals surface area (Å²) in [6.07, 6.45) is 2.74. The van der Waals surface area contributed by atoms with Crippen molar-refractivity contribution in [1.29, 1.82) is 0 Å². The fourth-order valence-electron chi connectivity index (χ4n) is 3.06. The number of aromatic nitrogens is 1. The summed E-state index contributed by atoms with van der Waals surface area (Å²) in [5.41, 5.74) is 5.56. The SMILES string of the molecule is COc1ccc(Br)c2c1-c1nc(N=Cc3ccc(N(C)C)cc3)sc1C2. The highest BCUT2D eigenvalue weighted by atomic mass is 79.9. The van der Waals surface area contributed by atoms with Gasteiger partial charge in [-0.2, -0.15) is 0 Å². The van der Waals surface area contributed by atoms with Gasteiger partial charge in [0, 0.05) is 47.3 Å². The number of fused-ring (bicyclic) bond motifs is 3. The van der Waals surface area contributed by atoms with Crippen molar-refractivity contribution in [3.8, 4) is 17.0 Å². The van der Waals surface area contributed by atoms with Crippen LogP contribution < -0.4 is 9.64 Å². The minimum absolute atomic E-state index is 0.777. The second-order valence-corrected chi connectivity index (χ2v) is 8.21. The number of anilines is 1. The Bertz CT molecular complexity index is 993. The molecule has 4 rings (SSSR count). The van der Waals surface area contributed by atoms with Crippen LogP contribution in [-0.2, 0) is 6.42 Å². The van der Waals surface area contributed by atoms with Crippen LogP contribution in [0.3, 0.4) is 0 Å². The molecule has 0 amide bonds. The van der Waals surface area contributed by atoms with Gasteiger partial charge in [-0.3, -0.25) is 0 Å². The minimum Gasteiger partial charge on any atom is -0.496 e. The molecule has 0 saturated carbocycles. The van der Waals surface area contributed by atoms with Crippen LogP contribution in [0.25, 0.3) is 11.3 Å². The van der Waals surface area contributed by atoms with Gasteiger partial charge in [0.15, 0.2) is 0 Å². The molecule has 0 fully saturated rings. The lowest BCUT2D eigenvalue weighted by molar-refractivity contribution is 0.416. The van der Waals surface area contributed by atoms with E-state index in [9.17, 15) is 0 Å². The number of benzene rings is 2. The second-order valence-electron chi connectivity index (χ2n) is 6.29. The molecule has 1 heterocycles. The van der Waals surface area contributed by atoms with Gasteiger partial charge in [0.25, 0.3) is 0 Å². The molecule has 0 saturated heterocycles. The van der Waals surface area contributed by atoms with Crippen LogP contribution in [0.1, 0.15) is 16.0 Å². The molecule has 0 spiro atoms. The predicted octanol–water partition coefficient (Wildman–Crippen LogP) is 5.30. The fraction of sp³-hybridized carbons (Fsp3) is 0.200. The van der Waals surface area contributed by atoms with Crippen molar-refractivity contribution < 1.29 is 4.74 Å². The first-order valence-corrected chi connectivity index (χ1v) is 9.84. The third-order valence-electron chi connectivity index (χ3n) is 4.43. The molecule has 1 aliphatic carbocycles. The molecule has 0 bridgehead atoms. The smallest absolute Gasteiger partial charge is 0.209 e. The third-order valence-corrected chi connectivity index (χ3v) is 6.14. The second kappa shape index (κ2) is 6.85. The van der Waals surface area contributed by atoms with Crippen LogP contribution in [0.2, 0.25) is 0 Å². The maximum atomic E-state index is 5.54. The van der Waals surface area contributed by atoms with Crippen molar-refractivity contribution in [2.45, 2.75) is 6.42 Å². The zero-order valence-corrected chi connectivity index (χ0v) is 17.2. The number of nitrogens with zero attached hydrogens (tertiary/aromatic N) is 3. The fourth-order valence-corrected chi connectivity index (χ4v) is 4.46. The summed E-state index contributed by atoms with van der Waals surface area (Å²) < 4.78 is 6.64. The molecule has 1 aromatic heterocycles. The van der Waals surface area contributed by atoms with Crippen LogP contribution >= 0.6 is 27.3 Å². The van der Waals surface area contributed by atoms with Crippen molar-refractivity contribution in [2.75, 3.05) is 26.1 Å². The molecule has 0 N–H and O–H groups in total. The van der Waals surface area contributed by atoms with E-state index in [1.54, 1.807) is 18.4 Å². The highest BCUT2D eigenvalue weighted by Crippen LogP contribution is 2.48. The van der Waals surface area contributed by atoms with E-state index in [1.165, 1.54) is 16.1 Å². The number of rotatable bonds is 4. The van der Waals surface area contributed by atoms with Gasteiger partial charge in [-0.1, -0.05) is 39.4 Å². The van der Waals surface area contributed by atoms with Gasteiger partial charge in [0.1, 0.15) is 5.75 Å². The van der Waals surface area contributed by atoms with Crippen molar-refractivity contribution in [2.24, 2.45) is 4.99 Å². The zero-order chi connectivity index (χ0) is 18.3. The monoisotopic (exact) mass is 427 g/mol. The highest BCUT2D eigenvalue weighted by Gasteiger charge is 2.28. The van der Waals surface area contributed by atoms with Gasteiger partial charge >= 0.3 is 0 Å². The normalized spacial score (nSPS) is 12.3. The number of thiazole rings is 1. The maximum absolute atomic E-state index is 5.54. The average molecular weight is 428 g/mol. The largest absolute Gasteiger partial charge is 0.496 e. The van der Waals surface area contributed by atoms with Crippen LogP contribution in [0.15, 0.2) is 45.9 Å². The molecule has 0 unspecified atom stereocenters. The molecule has 0 aliphatic heterocycles. The van der Waals surface area contributed by atoms with E-state index in [-0.39, 0.29) is 0 Å². The molecule has 6 heteroatoms. The van der Waals surface area contributed by atoms with Gasteiger partial charge in [0.05, 0.1) is 12.8 Å². The number of halogens is 1. The first-order valence-electron chi connectivity index (χ1n) is 8.23. The molecule has 0 atom stereocenters. The zero-order valence-electron chi connectivity index (χ0n) is 14.8. The van der Waals surface area contributed by atoms with E-state index < -0.39 is 0 Å². The van der Waals surface area contributed by atoms with Crippen molar-refractivity contribution >= 4 is 44.3 Å². The molecule has 3 aromatic rings. The molecule has 2 aromatic carbocycles. The number of aliphatic imine (C=N–C) groups is 1. The van der Waals surface area contributed by atoms with Crippen molar-refractivity contribution in [1.82, 2.24) is 4.98 Å². The molecular weight excluding hydrogens is 410 g/mol. The van der Waals surface area contributed by atoms with Crippen LogP contribution in [-0.4, -0.2) is 32.4 Å². The Morgan fingerprint density at radius 2 is 1.96 bits per heavy atom. The Balaban J connectivity index is 1.63. The Labute approximate surface area is 165 Å². The Kier molecular flexibility index (Phi) is 4.54. The van der Waals surface area contributed by atoms with Crippen molar-refractivity contribution in [3.63, 3.8) is 0 Å². The summed E-state index contributed by atoms with van der Waals surface area (Å²) in [6, 6.07) is 12.3. The van der Waals surface area contributed by atoms with E-state index in [0.717, 1.165) is 38.6 Å². The average Bonchev–Trinajstić information content (AvgIpc) is 3.19. The molecular formula is C20H18BrN3OS. The van der Waals surface area contributed by atoms with Gasteiger partial charge in [0.2, 0.25) is 5.13 Å². The molecule has 132 valence electrons. The van der Waals surface area contributed by atoms with Gasteiger partial charge in [-0.25, -0.2) is 9.98 Å². The maximum Gasteiger partial charge on any atom is 0.209 e. The van der Waals surface area contributed by atoms with Gasteiger partial charge in [-0.05, 0) is 35.4 Å². The molecule has 0 radical (unpaired) electrons. The van der Waals surface area contributed by atoms with E-state index in [2.05, 4.69) is 50.1 Å². The molecule has 26 heavy (non-hydrogen) atoms. The van der Waals surface area contributed by atoms with E-state index in [4.69, 9.17) is 9.72 Å². The summed E-state index contributed by atoms with van der Waals surface area (Å²) in [5, 5.41) is 0.777. The summed E-state index contributed by atoms with van der Waals surface area (Å²) in [4.78, 5) is 12.7. The number of methoxy groups -OCH3 is 1. The van der Waals surface area contributed by atoms with Crippen LogP contribution in [0, 0.1) is 0 Å². The van der Waals surface area contributed by atoms with E-state index in [1.807, 2.05) is 32.4 Å².